The van der Waals surface area contributed by atoms with Crippen molar-refractivity contribution < 1.29 is 19.7 Å². The fourth-order valence-corrected chi connectivity index (χ4v) is 1.98. The van der Waals surface area contributed by atoms with Crippen LogP contribution < -0.4 is 4.74 Å². The summed E-state index contributed by atoms with van der Waals surface area (Å²) in [7, 11) is 1.49. The monoisotopic (exact) mass is 292 g/mol. The van der Waals surface area contributed by atoms with Gasteiger partial charge in [0.05, 0.1) is 13.2 Å². The topological polar surface area (TPSA) is 66.8 Å². The molecule has 4 heteroatoms. The van der Waals surface area contributed by atoms with E-state index in [1.165, 1.54) is 7.11 Å². The molecular weight excluding hydrogens is 268 g/mol. The van der Waals surface area contributed by atoms with Gasteiger partial charge in [0.2, 0.25) is 0 Å². The Morgan fingerprint density at radius 3 is 2.86 bits per heavy atom. The fraction of sp³-hybridized carbons (Fsp3) is 0.471. The highest BCUT2D eigenvalue weighted by molar-refractivity contribution is 5.79. The Bertz CT molecular complexity index is 480. The van der Waals surface area contributed by atoms with Crippen LogP contribution in [0.25, 0.3) is 0 Å². The first kappa shape index (κ1) is 17.2. The average Bonchev–Trinajstić information content (AvgIpc) is 2.46. The van der Waals surface area contributed by atoms with Crippen molar-refractivity contribution in [1.29, 1.82) is 0 Å². The van der Waals surface area contributed by atoms with Crippen molar-refractivity contribution in [2.45, 2.75) is 45.1 Å². The number of aliphatic hydroxyl groups excluding tert-OH is 1. The number of phenolic OH excluding ortho intramolecular Hbond substituents is 1. The van der Waals surface area contributed by atoms with Crippen molar-refractivity contribution in [2.75, 3.05) is 7.11 Å². The van der Waals surface area contributed by atoms with Gasteiger partial charge < -0.3 is 14.9 Å². The minimum atomic E-state index is -0.696. The molecule has 0 aliphatic heterocycles. The van der Waals surface area contributed by atoms with E-state index in [0.717, 1.165) is 18.4 Å². The number of rotatable bonds is 9. The number of Topliss-reactive ketones (excluding diaryl/α,β-unsaturated/α-hetero) is 1. The van der Waals surface area contributed by atoms with Crippen molar-refractivity contribution in [2.24, 2.45) is 0 Å². The first-order valence-electron chi connectivity index (χ1n) is 7.29. The van der Waals surface area contributed by atoms with Crippen LogP contribution in [0.4, 0.5) is 0 Å². The van der Waals surface area contributed by atoms with Gasteiger partial charge in [-0.1, -0.05) is 31.6 Å². The SMILES string of the molecule is CCC/C=C/[C@H](O)CC(=O)CCc1ccc(O)c(OC)c1. The molecule has 0 bridgehead atoms. The molecule has 0 heterocycles. The average molecular weight is 292 g/mol. The van der Waals surface area contributed by atoms with Crippen LogP contribution in [0.3, 0.4) is 0 Å². The highest BCUT2D eigenvalue weighted by atomic mass is 16.5. The minimum absolute atomic E-state index is 0.0238. The van der Waals surface area contributed by atoms with E-state index in [4.69, 9.17) is 4.74 Å². The van der Waals surface area contributed by atoms with E-state index in [2.05, 4.69) is 6.92 Å². The van der Waals surface area contributed by atoms with Gasteiger partial charge in [0.1, 0.15) is 5.78 Å². The maximum absolute atomic E-state index is 11.8. The number of aliphatic hydroxyl groups is 1. The summed E-state index contributed by atoms with van der Waals surface area (Å²) in [5, 5.41) is 19.2. The van der Waals surface area contributed by atoms with Gasteiger partial charge >= 0.3 is 0 Å². The molecule has 0 aromatic heterocycles. The Kier molecular flexibility index (Phi) is 7.54. The molecule has 1 aromatic rings. The summed E-state index contributed by atoms with van der Waals surface area (Å²) in [5.74, 6) is 0.516. The number of benzene rings is 1. The number of methoxy groups -OCH3 is 1. The van der Waals surface area contributed by atoms with Crippen LogP contribution >= 0.6 is 0 Å². The highest BCUT2D eigenvalue weighted by Gasteiger charge is 2.09. The molecule has 0 aliphatic rings. The van der Waals surface area contributed by atoms with Crippen molar-refractivity contribution in [3.8, 4) is 11.5 Å². The second-order valence-electron chi connectivity index (χ2n) is 5.03. The Morgan fingerprint density at radius 1 is 1.43 bits per heavy atom. The predicted molar refractivity (Wildman–Crippen MR) is 82.7 cm³/mol. The molecule has 0 aliphatic carbocycles. The van der Waals surface area contributed by atoms with E-state index in [9.17, 15) is 15.0 Å². The van der Waals surface area contributed by atoms with E-state index in [0.29, 0.717) is 18.6 Å². The van der Waals surface area contributed by atoms with Crippen molar-refractivity contribution in [1.82, 2.24) is 0 Å². The van der Waals surface area contributed by atoms with E-state index < -0.39 is 6.10 Å². The predicted octanol–water partition coefficient (Wildman–Crippen LogP) is 3.01. The zero-order valence-electron chi connectivity index (χ0n) is 12.7. The van der Waals surface area contributed by atoms with Crippen molar-refractivity contribution >= 4 is 5.78 Å². The summed E-state index contributed by atoms with van der Waals surface area (Å²) in [4.78, 5) is 11.8. The number of hydrogen-bond donors (Lipinski definition) is 2. The normalized spacial score (nSPS) is 12.5. The summed E-state index contributed by atoms with van der Waals surface area (Å²) in [6.45, 7) is 2.06. The van der Waals surface area contributed by atoms with Gasteiger partial charge in [-0.15, -0.1) is 0 Å². The number of unbranched alkanes of at least 4 members (excludes halogenated alkanes) is 1. The number of carbonyl (C=O) groups is 1. The Morgan fingerprint density at radius 2 is 2.19 bits per heavy atom. The van der Waals surface area contributed by atoms with Gasteiger partial charge in [-0.25, -0.2) is 0 Å². The summed E-state index contributed by atoms with van der Waals surface area (Å²) in [6.07, 6.45) is 5.92. The summed E-state index contributed by atoms with van der Waals surface area (Å²) < 4.78 is 5.03. The molecule has 1 atom stereocenters. The molecule has 1 rings (SSSR count). The smallest absolute Gasteiger partial charge is 0.160 e. The number of ketones is 1. The lowest BCUT2D eigenvalue weighted by molar-refractivity contribution is -0.120. The molecule has 1 aromatic carbocycles. The molecular formula is C17H24O4. The zero-order valence-corrected chi connectivity index (χ0v) is 12.7. The number of carbonyl (C=O) groups excluding carboxylic acids is 1. The third-order valence-electron chi connectivity index (χ3n) is 3.19. The number of ether oxygens (including phenoxy) is 1. The quantitative estimate of drug-likeness (QED) is 0.687. The third-order valence-corrected chi connectivity index (χ3v) is 3.19. The number of aromatic hydroxyl groups is 1. The molecule has 4 nitrogen and oxygen atoms in total. The van der Waals surface area contributed by atoms with Crippen LogP contribution in [-0.2, 0) is 11.2 Å². The van der Waals surface area contributed by atoms with Crippen molar-refractivity contribution in [3.05, 3.63) is 35.9 Å². The van der Waals surface area contributed by atoms with Crippen LogP contribution in [0.15, 0.2) is 30.4 Å². The third kappa shape index (κ3) is 6.45. The fourth-order valence-electron chi connectivity index (χ4n) is 1.98. The van der Waals surface area contributed by atoms with E-state index >= 15 is 0 Å². The van der Waals surface area contributed by atoms with E-state index in [1.807, 2.05) is 6.08 Å². The molecule has 0 amide bonds. The molecule has 0 radical (unpaired) electrons. The van der Waals surface area contributed by atoms with E-state index in [-0.39, 0.29) is 18.0 Å². The molecule has 0 fully saturated rings. The summed E-state index contributed by atoms with van der Waals surface area (Å²) in [5.41, 5.74) is 0.925. The standard InChI is InChI=1S/C17H24O4/c1-3-4-5-6-14(18)12-15(19)9-7-13-8-10-16(20)17(11-13)21-2/h5-6,8,10-11,14,18,20H,3-4,7,9,12H2,1-2H3/b6-5+/t14-/m0/s1. The number of phenols is 1. The molecule has 21 heavy (non-hydrogen) atoms. The molecule has 0 unspecified atom stereocenters. The Hall–Kier alpha value is -1.81. The van der Waals surface area contributed by atoms with Crippen molar-refractivity contribution in [3.63, 3.8) is 0 Å². The molecule has 116 valence electrons. The number of allylic oxidation sites excluding steroid dienone is 1. The molecule has 0 saturated carbocycles. The van der Waals surface area contributed by atoms with Gasteiger partial charge in [0.15, 0.2) is 11.5 Å². The Labute approximate surface area is 126 Å². The molecule has 0 spiro atoms. The van der Waals surface area contributed by atoms with Crippen LogP contribution in [0.5, 0.6) is 11.5 Å². The van der Waals surface area contributed by atoms with E-state index in [1.54, 1.807) is 24.3 Å². The van der Waals surface area contributed by atoms with Gasteiger partial charge in [-0.05, 0) is 30.5 Å². The lowest BCUT2D eigenvalue weighted by atomic mass is 10.0. The summed E-state index contributed by atoms with van der Waals surface area (Å²) in [6, 6.07) is 5.05. The second-order valence-corrected chi connectivity index (χ2v) is 5.03. The highest BCUT2D eigenvalue weighted by Crippen LogP contribution is 2.26. The van der Waals surface area contributed by atoms with Crippen LogP contribution in [0.2, 0.25) is 0 Å². The van der Waals surface area contributed by atoms with Gasteiger partial charge in [-0.2, -0.15) is 0 Å². The van der Waals surface area contributed by atoms with Crippen LogP contribution in [0, 0.1) is 0 Å². The molecule has 0 saturated heterocycles. The molecule has 2 N–H and O–H groups in total. The number of hydrogen-bond acceptors (Lipinski definition) is 4. The van der Waals surface area contributed by atoms with Crippen LogP contribution in [-0.4, -0.2) is 29.2 Å². The lowest BCUT2D eigenvalue weighted by Crippen LogP contribution is -2.11. The zero-order chi connectivity index (χ0) is 15.7. The first-order valence-corrected chi connectivity index (χ1v) is 7.29. The van der Waals surface area contributed by atoms with Gasteiger partial charge in [0, 0.05) is 12.8 Å². The second kappa shape index (κ2) is 9.19. The summed E-state index contributed by atoms with van der Waals surface area (Å²) >= 11 is 0. The number of aryl methyl sites for hydroxylation is 1. The lowest BCUT2D eigenvalue weighted by Gasteiger charge is -2.07. The van der Waals surface area contributed by atoms with Crippen LogP contribution in [0.1, 0.15) is 38.2 Å². The minimum Gasteiger partial charge on any atom is -0.504 e. The van der Waals surface area contributed by atoms with Gasteiger partial charge in [0.25, 0.3) is 0 Å². The first-order chi connectivity index (χ1) is 10.1. The maximum Gasteiger partial charge on any atom is 0.160 e. The maximum atomic E-state index is 11.8. The Balaban J connectivity index is 2.42. The largest absolute Gasteiger partial charge is 0.504 e. The van der Waals surface area contributed by atoms with Gasteiger partial charge in [-0.3, -0.25) is 4.79 Å².